The third kappa shape index (κ3) is 3.51. The van der Waals surface area contributed by atoms with Gasteiger partial charge in [0.15, 0.2) is 5.82 Å². The maximum Gasteiger partial charge on any atom is 0.309 e. The van der Waals surface area contributed by atoms with E-state index in [0.29, 0.717) is 18.0 Å². The summed E-state index contributed by atoms with van der Waals surface area (Å²) in [5, 5.41) is 35.3. The van der Waals surface area contributed by atoms with Crippen molar-refractivity contribution in [3.8, 4) is 6.07 Å². The molecule has 3 heterocycles. The summed E-state index contributed by atoms with van der Waals surface area (Å²) in [4.78, 5) is 18.5. The Bertz CT molecular complexity index is 1020. The predicted octanol–water partition coefficient (Wildman–Crippen LogP) is -0.576. The van der Waals surface area contributed by atoms with Crippen molar-refractivity contribution in [2.24, 2.45) is 5.92 Å². The van der Waals surface area contributed by atoms with E-state index in [9.17, 15) is 20.3 Å². The van der Waals surface area contributed by atoms with Crippen LogP contribution in [0, 0.1) is 17.2 Å². The standard InChI is InChI=1S/C20H26N6O5/c1-25(2)12-4-3-11(7-12)19(29)30-8-14-16(27)17(28)20(9-21,31-14)15-6-5-13-18(22)23-10-24-26(13)15/h5-6,10-12,14,16-17,27-28H,3-4,7-8H2,1-2H3,(H2,22,23,24)/t11?,12?,14-,16-,17-,20+/m1/s1. The van der Waals surface area contributed by atoms with Gasteiger partial charge in [0.1, 0.15) is 42.8 Å². The van der Waals surface area contributed by atoms with Gasteiger partial charge in [0.2, 0.25) is 5.60 Å². The maximum absolute atomic E-state index is 12.5. The Morgan fingerprint density at radius 2 is 2.23 bits per heavy atom. The highest BCUT2D eigenvalue weighted by molar-refractivity contribution is 5.73. The van der Waals surface area contributed by atoms with Gasteiger partial charge in [-0.2, -0.15) is 10.4 Å². The Morgan fingerprint density at radius 1 is 1.45 bits per heavy atom. The zero-order valence-electron chi connectivity index (χ0n) is 17.4. The minimum atomic E-state index is -1.91. The quantitative estimate of drug-likeness (QED) is 0.524. The zero-order chi connectivity index (χ0) is 22.3. The van der Waals surface area contributed by atoms with Crippen molar-refractivity contribution in [3.63, 3.8) is 0 Å². The van der Waals surface area contributed by atoms with Gasteiger partial charge in [0.05, 0.1) is 11.6 Å². The van der Waals surface area contributed by atoms with Crippen molar-refractivity contribution >= 4 is 17.3 Å². The molecule has 4 rings (SSSR count). The highest BCUT2D eigenvalue weighted by atomic mass is 16.6. The maximum atomic E-state index is 12.5. The van der Waals surface area contributed by atoms with Crippen LogP contribution in [0.3, 0.4) is 0 Å². The molecule has 0 aromatic carbocycles. The van der Waals surface area contributed by atoms with Gasteiger partial charge in [-0.1, -0.05) is 0 Å². The second kappa shape index (κ2) is 8.05. The van der Waals surface area contributed by atoms with Crippen LogP contribution in [0.25, 0.3) is 5.52 Å². The van der Waals surface area contributed by atoms with Gasteiger partial charge in [0, 0.05) is 6.04 Å². The number of carbonyl (C=O) groups excluding carboxylic acids is 1. The van der Waals surface area contributed by atoms with Crippen molar-refractivity contribution in [1.29, 1.82) is 5.26 Å². The lowest BCUT2D eigenvalue weighted by atomic mass is 9.92. The number of rotatable bonds is 5. The first-order valence-electron chi connectivity index (χ1n) is 10.2. The van der Waals surface area contributed by atoms with Crippen LogP contribution in [-0.2, 0) is 19.9 Å². The molecule has 1 aliphatic heterocycles. The number of esters is 1. The van der Waals surface area contributed by atoms with Gasteiger partial charge >= 0.3 is 5.97 Å². The van der Waals surface area contributed by atoms with E-state index < -0.39 is 23.9 Å². The Morgan fingerprint density at radius 3 is 2.90 bits per heavy atom. The number of ether oxygens (including phenoxy) is 2. The molecule has 0 spiro atoms. The van der Waals surface area contributed by atoms with Crippen molar-refractivity contribution in [2.75, 3.05) is 26.4 Å². The van der Waals surface area contributed by atoms with E-state index in [0.717, 1.165) is 12.8 Å². The molecule has 0 amide bonds. The topological polar surface area (TPSA) is 159 Å². The van der Waals surface area contributed by atoms with E-state index >= 15 is 0 Å². The number of carbonyl (C=O) groups is 1. The molecule has 0 radical (unpaired) electrons. The fraction of sp³-hybridized carbons (Fsp3) is 0.600. The van der Waals surface area contributed by atoms with Crippen molar-refractivity contribution in [1.82, 2.24) is 19.5 Å². The number of anilines is 1. The molecule has 2 aromatic rings. The number of nitrogen functional groups attached to an aromatic ring is 1. The van der Waals surface area contributed by atoms with E-state index in [-0.39, 0.29) is 30.0 Å². The molecule has 1 aliphatic carbocycles. The molecule has 2 fully saturated rings. The number of hydrogen-bond acceptors (Lipinski definition) is 10. The predicted molar refractivity (Wildman–Crippen MR) is 107 cm³/mol. The monoisotopic (exact) mass is 430 g/mol. The summed E-state index contributed by atoms with van der Waals surface area (Å²) >= 11 is 0. The lowest BCUT2D eigenvalue weighted by molar-refractivity contribution is -0.155. The van der Waals surface area contributed by atoms with Gasteiger partial charge in [-0.15, -0.1) is 0 Å². The number of aliphatic hydroxyl groups excluding tert-OH is 2. The molecule has 2 aromatic heterocycles. The number of fused-ring (bicyclic) bond motifs is 1. The molecular formula is C20H26N6O5. The van der Waals surface area contributed by atoms with Gasteiger partial charge < -0.3 is 30.3 Å². The Labute approximate surface area is 179 Å². The Hall–Kier alpha value is -2.78. The molecular weight excluding hydrogens is 404 g/mol. The van der Waals surface area contributed by atoms with Crippen LogP contribution in [0.15, 0.2) is 18.5 Å². The first-order chi connectivity index (χ1) is 14.8. The number of nitrogens with zero attached hydrogens (tertiary/aromatic N) is 5. The highest BCUT2D eigenvalue weighted by Gasteiger charge is 2.58. The molecule has 2 aliphatic rings. The third-order valence-corrected chi connectivity index (χ3v) is 6.35. The summed E-state index contributed by atoms with van der Waals surface area (Å²) in [6.07, 6.45) is -0.515. The molecule has 11 nitrogen and oxygen atoms in total. The molecule has 31 heavy (non-hydrogen) atoms. The molecule has 11 heteroatoms. The first kappa shape index (κ1) is 21.5. The van der Waals surface area contributed by atoms with E-state index in [1.54, 1.807) is 6.07 Å². The van der Waals surface area contributed by atoms with Crippen LogP contribution in [0.5, 0.6) is 0 Å². The van der Waals surface area contributed by atoms with Crippen LogP contribution in [-0.4, -0.2) is 80.7 Å². The van der Waals surface area contributed by atoms with E-state index in [1.807, 2.05) is 20.2 Å². The van der Waals surface area contributed by atoms with Gasteiger partial charge in [-0.3, -0.25) is 4.79 Å². The summed E-state index contributed by atoms with van der Waals surface area (Å²) in [7, 11) is 3.96. The van der Waals surface area contributed by atoms with Crippen molar-refractivity contribution < 1.29 is 24.5 Å². The van der Waals surface area contributed by atoms with Crippen LogP contribution in [0.1, 0.15) is 25.0 Å². The van der Waals surface area contributed by atoms with Crippen LogP contribution < -0.4 is 5.73 Å². The second-order valence-corrected chi connectivity index (χ2v) is 8.36. The molecule has 1 saturated heterocycles. The van der Waals surface area contributed by atoms with Crippen LogP contribution >= 0.6 is 0 Å². The lowest BCUT2D eigenvalue weighted by Gasteiger charge is -2.24. The van der Waals surface area contributed by atoms with Crippen molar-refractivity contribution in [3.05, 3.63) is 24.2 Å². The summed E-state index contributed by atoms with van der Waals surface area (Å²) in [5.74, 6) is -0.385. The summed E-state index contributed by atoms with van der Waals surface area (Å²) in [6, 6.07) is 5.43. The normalized spacial score (nSPS) is 33.1. The van der Waals surface area contributed by atoms with Crippen LogP contribution in [0.4, 0.5) is 5.82 Å². The van der Waals surface area contributed by atoms with E-state index in [4.69, 9.17) is 15.2 Å². The number of aliphatic hydroxyl groups is 2. The van der Waals surface area contributed by atoms with Gasteiger partial charge in [-0.05, 0) is 45.5 Å². The fourth-order valence-electron chi connectivity index (χ4n) is 4.47. The molecule has 1 saturated carbocycles. The number of aromatic nitrogens is 3. The van der Waals surface area contributed by atoms with E-state index in [1.165, 1.54) is 16.9 Å². The zero-order valence-corrected chi connectivity index (χ0v) is 17.4. The smallest absolute Gasteiger partial charge is 0.309 e. The lowest BCUT2D eigenvalue weighted by Crippen LogP contribution is -2.41. The largest absolute Gasteiger partial charge is 0.463 e. The molecule has 0 bridgehead atoms. The number of nitrogens with two attached hydrogens (primary N) is 1. The average Bonchev–Trinajstić information content (AvgIpc) is 3.46. The summed E-state index contributed by atoms with van der Waals surface area (Å²) in [5.41, 5.74) is 4.57. The minimum Gasteiger partial charge on any atom is -0.463 e. The minimum absolute atomic E-state index is 0.195. The molecule has 2 unspecified atom stereocenters. The molecule has 166 valence electrons. The number of hydrogen-bond donors (Lipinski definition) is 3. The summed E-state index contributed by atoms with van der Waals surface area (Å²) < 4.78 is 12.6. The first-order valence-corrected chi connectivity index (χ1v) is 10.2. The Balaban J connectivity index is 1.50. The van der Waals surface area contributed by atoms with Crippen LogP contribution in [0.2, 0.25) is 0 Å². The summed E-state index contributed by atoms with van der Waals surface area (Å²) in [6.45, 7) is -0.274. The molecule has 4 N–H and O–H groups in total. The SMILES string of the molecule is CN(C)C1CCC(C(=O)OC[C@H]2O[C@@](C#N)(c3ccc4c(N)ncnn34)[C@H](O)[C@@H]2O)C1. The third-order valence-electron chi connectivity index (χ3n) is 6.35. The van der Waals surface area contributed by atoms with Gasteiger partial charge in [0.25, 0.3) is 0 Å². The Kier molecular flexibility index (Phi) is 5.57. The number of nitriles is 1. The average molecular weight is 430 g/mol. The fourth-order valence-corrected chi connectivity index (χ4v) is 4.47. The van der Waals surface area contributed by atoms with E-state index in [2.05, 4.69) is 15.0 Å². The molecule has 6 atom stereocenters. The highest BCUT2D eigenvalue weighted by Crippen LogP contribution is 2.40. The second-order valence-electron chi connectivity index (χ2n) is 8.36. The van der Waals surface area contributed by atoms with Gasteiger partial charge in [-0.25, -0.2) is 9.50 Å². The van der Waals surface area contributed by atoms with Crippen molar-refractivity contribution in [2.45, 2.75) is 49.2 Å².